The highest BCUT2D eigenvalue weighted by atomic mass is 32.2. The summed E-state index contributed by atoms with van der Waals surface area (Å²) in [6.45, 7) is 5.17. The second-order valence-electron chi connectivity index (χ2n) is 7.39. The lowest BCUT2D eigenvalue weighted by molar-refractivity contribution is -0.130. The Kier molecular flexibility index (Phi) is 7.13. The van der Waals surface area contributed by atoms with E-state index in [4.69, 9.17) is 0 Å². The topological polar surface area (TPSA) is 107 Å². The van der Waals surface area contributed by atoms with E-state index in [0.29, 0.717) is 24.5 Å². The van der Waals surface area contributed by atoms with Gasteiger partial charge >= 0.3 is 6.03 Å². The predicted molar refractivity (Wildman–Crippen MR) is 121 cm³/mol. The molecule has 4 amide bonds. The quantitative estimate of drug-likeness (QED) is 0.590. The molecule has 1 fully saturated rings. The zero-order chi connectivity index (χ0) is 24.3. The standard InChI is InChI=1S/C22H25FN4O5S/c1-4-25(5-2)33(31,32)19-12-8-17(9-13-19)24-20(28)14-26-21(29)15(3)27(22(26)30)18-10-6-16(23)7-11-18/h6-13,15H,4-5,14H2,1-3H3,(H,24,28)/t15-/m1/s1. The van der Waals surface area contributed by atoms with Crippen molar-refractivity contribution < 1.29 is 27.2 Å². The third kappa shape index (κ3) is 4.88. The molecule has 2 aromatic carbocycles. The fraction of sp³-hybridized carbons (Fsp3) is 0.318. The van der Waals surface area contributed by atoms with Crippen LogP contribution >= 0.6 is 0 Å². The number of amides is 4. The van der Waals surface area contributed by atoms with Gasteiger partial charge in [0.05, 0.1) is 4.90 Å². The highest BCUT2D eigenvalue weighted by molar-refractivity contribution is 7.89. The van der Waals surface area contributed by atoms with Crippen molar-refractivity contribution in [2.24, 2.45) is 0 Å². The summed E-state index contributed by atoms with van der Waals surface area (Å²) in [6.07, 6.45) is 0. The van der Waals surface area contributed by atoms with E-state index in [1.807, 2.05) is 0 Å². The number of sulfonamides is 1. The zero-order valence-electron chi connectivity index (χ0n) is 18.5. The molecule has 33 heavy (non-hydrogen) atoms. The van der Waals surface area contributed by atoms with Gasteiger partial charge in [-0.25, -0.2) is 17.6 Å². The first-order valence-corrected chi connectivity index (χ1v) is 11.8. The fourth-order valence-electron chi connectivity index (χ4n) is 3.57. The number of hydrogen-bond donors (Lipinski definition) is 1. The maximum Gasteiger partial charge on any atom is 0.332 e. The summed E-state index contributed by atoms with van der Waals surface area (Å²) < 4.78 is 39.6. The zero-order valence-corrected chi connectivity index (χ0v) is 19.3. The number of benzene rings is 2. The highest BCUT2D eigenvalue weighted by Crippen LogP contribution is 2.26. The number of carbonyl (C=O) groups excluding carboxylic acids is 3. The molecule has 1 aliphatic heterocycles. The van der Waals surface area contributed by atoms with Gasteiger partial charge in [-0.2, -0.15) is 4.31 Å². The van der Waals surface area contributed by atoms with Crippen molar-refractivity contribution in [3.05, 3.63) is 54.3 Å². The van der Waals surface area contributed by atoms with E-state index in [-0.39, 0.29) is 4.90 Å². The number of hydrogen-bond acceptors (Lipinski definition) is 5. The number of nitrogens with zero attached hydrogens (tertiary/aromatic N) is 3. The minimum atomic E-state index is -3.63. The molecule has 9 nitrogen and oxygen atoms in total. The molecule has 2 aromatic rings. The minimum absolute atomic E-state index is 0.0952. The van der Waals surface area contributed by atoms with Crippen molar-refractivity contribution in [1.29, 1.82) is 0 Å². The van der Waals surface area contributed by atoms with Crippen molar-refractivity contribution in [2.45, 2.75) is 31.7 Å². The summed E-state index contributed by atoms with van der Waals surface area (Å²) >= 11 is 0. The van der Waals surface area contributed by atoms with Crippen LogP contribution in [0.15, 0.2) is 53.4 Å². The molecule has 1 N–H and O–H groups in total. The number of nitrogens with one attached hydrogen (secondary N) is 1. The second-order valence-corrected chi connectivity index (χ2v) is 9.33. The first-order valence-electron chi connectivity index (χ1n) is 10.4. The largest absolute Gasteiger partial charge is 0.332 e. The van der Waals surface area contributed by atoms with Crippen LogP contribution in [0.5, 0.6) is 0 Å². The molecule has 3 rings (SSSR count). The lowest BCUT2D eigenvalue weighted by atomic mass is 10.2. The van der Waals surface area contributed by atoms with Gasteiger partial charge in [0.2, 0.25) is 15.9 Å². The molecule has 0 aromatic heterocycles. The van der Waals surface area contributed by atoms with Crippen LogP contribution in [-0.4, -0.2) is 61.1 Å². The summed E-state index contributed by atoms with van der Waals surface area (Å²) in [5.74, 6) is -1.65. The molecule has 0 spiro atoms. The first kappa shape index (κ1) is 24.3. The smallest absolute Gasteiger partial charge is 0.325 e. The number of imide groups is 1. The van der Waals surface area contributed by atoms with Crippen LogP contribution in [-0.2, 0) is 19.6 Å². The Bertz CT molecular complexity index is 1150. The van der Waals surface area contributed by atoms with Gasteiger partial charge in [-0.15, -0.1) is 0 Å². The van der Waals surface area contributed by atoms with Gasteiger partial charge in [-0.05, 0) is 55.5 Å². The summed E-state index contributed by atoms with van der Waals surface area (Å²) in [5, 5.41) is 2.56. The van der Waals surface area contributed by atoms with Crippen molar-refractivity contribution in [3.63, 3.8) is 0 Å². The molecular formula is C22H25FN4O5S. The van der Waals surface area contributed by atoms with Crippen LogP contribution in [0.25, 0.3) is 0 Å². The Balaban J connectivity index is 1.69. The summed E-state index contributed by atoms with van der Waals surface area (Å²) in [7, 11) is -3.63. The van der Waals surface area contributed by atoms with Gasteiger partial charge in [-0.3, -0.25) is 19.4 Å². The molecule has 1 aliphatic rings. The normalized spacial score (nSPS) is 16.6. The maximum atomic E-state index is 13.2. The number of anilines is 2. The lowest BCUT2D eigenvalue weighted by Crippen LogP contribution is -2.39. The molecule has 0 bridgehead atoms. The first-order chi connectivity index (χ1) is 15.6. The number of halogens is 1. The lowest BCUT2D eigenvalue weighted by Gasteiger charge is -2.19. The van der Waals surface area contributed by atoms with Gasteiger partial charge in [0.1, 0.15) is 18.4 Å². The molecule has 0 unspecified atom stereocenters. The Labute approximate surface area is 191 Å². The van der Waals surface area contributed by atoms with Crippen molar-refractivity contribution in [2.75, 3.05) is 29.9 Å². The summed E-state index contributed by atoms with van der Waals surface area (Å²) in [5.41, 5.74) is 0.663. The fourth-order valence-corrected chi connectivity index (χ4v) is 5.03. The Morgan fingerprint density at radius 1 is 1.03 bits per heavy atom. The van der Waals surface area contributed by atoms with Gasteiger partial charge < -0.3 is 5.32 Å². The molecule has 1 heterocycles. The molecule has 1 saturated heterocycles. The van der Waals surface area contributed by atoms with Crippen molar-refractivity contribution in [1.82, 2.24) is 9.21 Å². The summed E-state index contributed by atoms with van der Waals surface area (Å²) in [4.78, 5) is 39.9. The Hall–Kier alpha value is -3.31. The van der Waals surface area contributed by atoms with Crippen LogP contribution in [0, 0.1) is 5.82 Å². The maximum absolute atomic E-state index is 13.2. The van der Waals surface area contributed by atoms with Gasteiger partial charge in [0, 0.05) is 24.5 Å². The van der Waals surface area contributed by atoms with Crippen LogP contribution in [0.2, 0.25) is 0 Å². The van der Waals surface area contributed by atoms with E-state index in [1.54, 1.807) is 13.8 Å². The van der Waals surface area contributed by atoms with Crippen LogP contribution in [0.3, 0.4) is 0 Å². The van der Waals surface area contributed by atoms with Gasteiger partial charge in [-0.1, -0.05) is 13.8 Å². The third-order valence-electron chi connectivity index (χ3n) is 5.34. The molecular weight excluding hydrogens is 451 g/mol. The van der Waals surface area contributed by atoms with E-state index in [0.717, 1.165) is 4.90 Å². The molecule has 11 heteroatoms. The molecule has 0 aliphatic carbocycles. The van der Waals surface area contributed by atoms with E-state index in [2.05, 4.69) is 5.32 Å². The van der Waals surface area contributed by atoms with E-state index >= 15 is 0 Å². The van der Waals surface area contributed by atoms with Crippen molar-refractivity contribution in [3.8, 4) is 0 Å². The van der Waals surface area contributed by atoms with Crippen LogP contribution in [0.4, 0.5) is 20.6 Å². The Morgan fingerprint density at radius 3 is 2.15 bits per heavy atom. The minimum Gasteiger partial charge on any atom is -0.325 e. The molecule has 0 radical (unpaired) electrons. The second kappa shape index (κ2) is 9.67. The number of urea groups is 1. The number of carbonyl (C=O) groups is 3. The average Bonchev–Trinajstić information content (AvgIpc) is 2.98. The van der Waals surface area contributed by atoms with Crippen LogP contribution in [0.1, 0.15) is 20.8 Å². The van der Waals surface area contributed by atoms with Gasteiger partial charge in [0.15, 0.2) is 0 Å². The summed E-state index contributed by atoms with van der Waals surface area (Å²) in [6, 6.07) is 9.24. The molecule has 1 atom stereocenters. The van der Waals surface area contributed by atoms with Crippen LogP contribution < -0.4 is 10.2 Å². The predicted octanol–water partition coefficient (Wildman–Crippen LogP) is 2.65. The van der Waals surface area contributed by atoms with E-state index in [9.17, 15) is 27.2 Å². The monoisotopic (exact) mass is 476 g/mol. The third-order valence-corrected chi connectivity index (χ3v) is 7.40. The van der Waals surface area contributed by atoms with E-state index in [1.165, 1.54) is 64.7 Å². The molecule has 0 saturated carbocycles. The Morgan fingerprint density at radius 2 is 1.61 bits per heavy atom. The number of rotatable bonds is 8. The molecule has 176 valence electrons. The SMILES string of the molecule is CCN(CC)S(=O)(=O)c1ccc(NC(=O)CN2C(=O)[C@@H](C)N(c3ccc(F)cc3)C2=O)cc1. The van der Waals surface area contributed by atoms with Gasteiger partial charge in [0.25, 0.3) is 5.91 Å². The highest BCUT2D eigenvalue weighted by Gasteiger charge is 2.44. The van der Waals surface area contributed by atoms with Crippen molar-refractivity contribution >= 4 is 39.2 Å². The van der Waals surface area contributed by atoms with E-state index < -0.39 is 46.3 Å². The average molecular weight is 477 g/mol.